The second kappa shape index (κ2) is 7.65. The number of hydrogen-bond donors (Lipinski definition) is 1. The summed E-state index contributed by atoms with van der Waals surface area (Å²) in [5, 5.41) is 3.64. The number of amides is 1. The molecule has 1 aliphatic rings. The van der Waals surface area contributed by atoms with E-state index in [1.54, 1.807) is 0 Å². The van der Waals surface area contributed by atoms with E-state index < -0.39 is 0 Å². The largest absolute Gasteiger partial charge is 0.378 e. The first-order valence-electron chi connectivity index (χ1n) is 7.27. The van der Waals surface area contributed by atoms with Crippen LogP contribution in [-0.2, 0) is 16.0 Å². The van der Waals surface area contributed by atoms with Crippen LogP contribution in [0.3, 0.4) is 0 Å². The molecule has 0 aromatic heterocycles. The smallest absolute Gasteiger partial charge is 0.224 e. The Morgan fingerprint density at radius 3 is 3.00 bits per heavy atom. The lowest BCUT2D eigenvalue weighted by Crippen LogP contribution is -2.30. The first kappa shape index (κ1) is 15.3. The van der Waals surface area contributed by atoms with E-state index in [0.29, 0.717) is 23.5 Å². The summed E-state index contributed by atoms with van der Waals surface area (Å²) in [7, 11) is 0. The Hall–Kier alpha value is -1.06. The van der Waals surface area contributed by atoms with Crippen molar-refractivity contribution in [3.05, 3.63) is 34.9 Å². The molecule has 0 aliphatic carbocycles. The second-order valence-corrected chi connectivity index (χ2v) is 5.89. The Kier molecular flexibility index (Phi) is 5.86. The number of nitrogens with one attached hydrogen (secondary N) is 1. The number of carbonyl (C=O) groups is 1. The van der Waals surface area contributed by atoms with Crippen molar-refractivity contribution >= 4 is 17.5 Å². The molecule has 4 heteroatoms. The van der Waals surface area contributed by atoms with Crippen molar-refractivity contribution in [2.24, 2.45) is 5.92 Å². The third-order valence-electron chi connectivity index (χ3n) is 3.78. The number of rotatable bonds is 5. The van der Waals surface area contributed by atoms with E-state index in [4.69, 9.17) is 16.3 Å². The molecule has 2 rings (SSSR count). The monoisotopic (exact) mass is 295 g/mol. The fourth-order valence-electron chi connectivity index (χ4n) is 2.65. The maximum atomic E-state index is 11.9. The summed E-state index contributed by atoms with van der Waals surface area (Å²) in [6.45, 7) is 3.70. The molecule has 1 saturated heterocycles. The van der Waals surface area contributed by atoms with Gasteiger partial charge in [-0.15, -0.1) is 0 Å². The Morgan fingerprint density at radius 2 is 2.25 bits per heavy atom. The van der Waals surface area contributed by atoms with Crippen molar-refractivity contribution < 1.29 is 9.53 Å². The minimum Gasteiger partial charge on any atom is -0.378 e. The first-order chi connectivity index (χ1) is 9.65. The highest BCUT2D eigenvalue weighted by atomic mass is 35.5. The normalized spacial score (nSPS) is 22.5. The van der Waals surface area contributed by atoms with Crippen LogP contribution in [0.4, 0.5) is 0 Å². The van der Waals surface area contributed by atoms with Crippen LogP contribution in [0.5, 0.6) is 0 Å². The molecule has 1 amide bonds. The Balaban J connectivity index is 1.69. The molecule has 1 fully saturated rings. The van der Waals surface area contributed by atoms with Gasteiger partial charge in [0.2, 0.25) is 5.91 Å². The highest BCUT2D eigenvalue weighted by Crippen LogP contribution is 2.22. The molecule has 20 heavy (non-hydrogen) atoms. The summed E-state index contributed by atoms with van der Waals surface area (Å²) < 4.78 is 5.53. The van der Waals surface area contributed by atoms with Crippen LogP contribution in [0.15, 0.2) is 24.3 Å². The van der Waals surface area contributed by atoms with Crippen molar-refractivity contribution in [3.63, 3.8) is 0 Å². The number of halogens is 1. The van der Waals surface area contributed by atoms with Crippen LogP contribution >= 0.6 is 11.6 Å². The quantitative estimate of drug-likeness (QED) is 0.906. The average Bonchev–Trinajstić information content (AvgIpc) is 2.41. The molecule has 0 spiro atoms. The van der Waals surface area contributed by atoms with E-state index in [0.717, 1.165) is 38.0 Å². The van der Waals surface area contributed by atoms with Gasteiger partial charge in [-0.3, -0.25) is 4.79 Å². The second-order valence-electron chi connectivity index (χ2n) is 5.48. The highest BCUT2D eigenvalue weighted by Gasteiger charge is 2.19. The maximum absolute atomic E-state index is 11.9. The average molecular weight is 296 g/mol. The predicted octanol–water partition coefficient (Wildman–Crippen LogP) is 3.20. The SMILES string of the molecule is C[C@@H]1C[C@@H](CCNC(=O)Cc2ccccc2Cl)CCO1. The molecule has 1 aliphatic heterocycles. The van der Waals surface area contributed by atoms with E-state index in [-0.39, 0.29) is 5.91 Å². The lowest BCUT2D eigenvalue weighted by molar-refractivity contribution is -0.120. The molecule has 0 saturated carbocycles. The van der Waals surface area contributed by atoms with Gasteiger partial charge in [-0.05, 0) is 43.7 Å². The number of benzene rings is 1. The molecule has 0 radical (unpaired) electrons. The molecular weight excluding hydrogens is 274 g/mol. The molecule has 3 nitrogen and oxygen atoms in total. The number of hydrogen-bond acceptors (Lipinski definition) is 2. The van der Waals surface area contributed by atoms with Crippen molar-refractivity contribution in [2.75, 3.05) is 13.2 Å². The molecule has 1 aromatic carbocycles. The molecule has 2 atom stereocenters. The third kappa shape index (κ3) is 4.80. The van der Waals surface area contributed by atoms with E-state index in [2.05, 4.69) is 12.2 Å². The van der Waals surface area contributed by atoms with Gasteiger partial charge in [0.1, 0.15) is 0 Å². The first-order valence-corrected chi connectivity index (χ1v) is 7.64. The van der Waals surface area contributed by atoms with Crippen molar-refractivity contribution in [1.82, 2.24) is 5.32 Å². The summed E-state index contributed by atoms with van der Waals surface area (Å²) in [5.74, 6) is 0.706. The lowest BCUT2D eigenvalue weighted by Gasteiger charge is -2.27. The van der Waals surface area contributed by atoms with E-state index >= 15 is 0 Å². The van der Waals surface area contributed by atoms with Crippen LogP contribution in [0, 0.1) is 5.92 Å². The zero-order valence-corrected chi connectivity index (χ0v) is 12.7. The van der Waals surface area contributed by atoms with Crippen molar-refractivity contribution in [1.29, 1.82) is 0 Å². The van der Waals surface area contributed by atoms with Crippen molar-refractivity contribution in [2.45, 2.75) is 38.7 Å². The predicted molar refractivity (Wildman–Crippen MR) is 80.9 cm³/mol. The van der Waals surface area contributed by atoms with Crippen LogP contribution in [0.2, 0.25) is 5.02 Å². The fraction of sp³-hybridized carbons (Fsp3) is 0.562. The van der Waals surface area contributed by atoms with Gasteiger partial charge in [0.05, 0.1) is 12.5 Å². The summed E-state index contributed by atoms with van der Waals surface area (Å²) in [6, 6.07) is 7.48. The minimum atomic E-state index is 0.0400. The van der Waals surface area contributed by atoms with Crippen LogP contribution in [0.25, 0.3) is 0 Å². The van der Waals surface area contributed by atoms with Crippen molar-refractivity contribution in [3.8, 4) is 0 Å². The number of ether oxygens (including phenoxy) is 1. The van der Waals surface area contributed by atoms with Crippen LogP contribution in [-0.4, -0.2) is 25.2 Å². The standard InChI is InChI=1S/C16H22ClNO2/c1-12-10-13(7-9-20-12)6-8-18-16(19)11-14-4-2-3-5-15(14)17/h2-5,12-13H,6-11H2,1H3,(H,18,19)/t12-,13+/m1/s1. The molecule has 0 bridgehead atoms. The van der Waals surface area contributed by atoms with E-state index in [9.17, 15) is 4.79 Å². The minimum absolute atomic E-state index is 0.0400. The van der Waals surface area contributed by atoms with E-state index in [1.165, 1.54) is 0 Å². The summed E-state index contributed by atoms with van der Waals surface area (Å²) in [6.07, 6.45) is 3.93. The zero-order valence-electron chi connectivity index (χ0n) is 11.9. The maximum Gasteiger partial charge on any atom is 0.224 e. The molecule has 1 N–H and O–H groups in total. The van der Waals surface area contributed by atoms with Crippen LogP contribution < -0.4 is 5.32 Å². The van der Waals surface area contributed by atoms with Gasteiger partial charge < -0.3 is 10.1 Å². The summed E-state index contributed by atoms with van der Waals surface area (Å²) >= 11 is 6.05. The lowest BCUT2D eigenvalue weighted by atomic mass is 9.93. The van der Waals surface area contributed by atoms with Gasteiger partial charge in [-0.25, -0.2) is 0 Å². The molecule has 1 aromatic rings. The topological polar surface area (TPSA) is 38.3 Å². The highest BCUT2D eigenvalue weighted by molar-refractivity contribution is 6.31. The van der Waals surface area contributed by atoms with Crippen LogP contribution in [0.1, 0.15) is 31.7 Å². The van der Waals surface area contributed by atoms with Gasteiger partial charge in [-0.2, -0.15) is 0 Å². The third-order valence-corrected chi connectivity index (χ3v) is 4.15. The van der Waals surface area contributed by atoms with Gasteiger partial charge >= 0.3 is 0 Å². The Bertz CT molecular complexity index is 450. The Morgan fingerprint density at radius 1 is 1.45 bits per heavy atom. The fourth-order valence-corrected chi connectivity index (χ4v) is 2.85. The molecule has 1 heterocycles. The van der Waals surface area contributed by atoms with Gasteiger partial charge in [0, 0.05) is 18.2 Å². The van der Waals surface area contributed by atoms with Gasteiger partial charge in [0.25, 0.3) is 0 Å². The number of carbonyl (C=O) groups excluding carboxylic acids is 1. The Labute approximate surface area is 125 Å². The van der Waals surface area contributed by atoms with E-state index in [1.807, 2.05) is 24.3 Å². The van der Waals surface area contributed by atoms with Gasteiger partial charge in [0.15, 0.2) is 0 Å². The molecular formula is C16H22ClNO2. The molecule has 0 unspecified atom stereocenters. The summed E-state index contributed by atoms with van der Waals surface area (Å²) in [5.41, 5.74) is 0.881. The zero-order chi connectivity index (χ0) is 14.4. The molecule has 110 valence electrons. The van der Waals surface area contributed by atoms with Gasteiger partial charge in [-0.1, -0.05) is 29.8 Å². The summed E-state index contributed by atoms with van der Waals surface area (Å²) in [4.78, 5) is 11.9.